The monoisotopic (exact) mass is 261 g/mol. The fraction of sp³-hybridized carbons (Fsp3) is 0.467. The van der Waals surface area contributed by atoms with E-state index < -0.39 is 12.0 Å². The summed E-state index contributed by atoms with van der Waals surface area (Å²) in [6.07, 6.45) is 1.52. The third-order valence-corrected chi connectivity index (χ3v) is 3.91. The molecule has 1 saturated heterocycles. The second-order valence-electron chi connectivity index (χ2n) is 5.03. The average Bonchev–Trinajstić information content (AvgIpc) is 2.84. The molecule has 1 N–H and O–H groups in total. The highest BCUT2D eigenvalue weighted by Gasteiger charge is 2.38. The van der Waals surface area contributed by atoms with Gasteiger partial charge < -0.3 is 9.90 Å². The highest BCUT2D eigenvalue weighted by Crippen LogP contribution is 2.32. The van der Waals surface area contributed by atoms with Crippen LogP contribution in [0, 0.1) is 5.92 Å². The van der Waals surface area contributed by atoms with E-state index in [0.29, 0.717) is 19.5 Å². The second-order valence-corrected chi connectivity index (χ2v) is 5.03. The average molecular weight is 261 g/mol. The van der Waals surface area contributed by atoms with Gasteiger partial charge in [-0.05, 0) is 12.0 Å². The molecule has 1 aromatic carbocycles. The minimum absolute atomic E-state index is 0.104. The van der Waals surface area contributed by atoms with Crippen LogP contribution in [-0.2, 0) is 9.59 Å². The minimum atomic E-state index is -0.805. The summed E-state index contributed by atoms with van der Waals surface area (Å²) >= 11 is 0. The molecule has 3 unspecified atom stereocenters. The van der Waals surface area contributed by atoms with Crippen molar-refractivity contribution in [3.8, 4) is 0 Å². The number of rotatable bonds is 5. The molecular weight excluding hydrogens is 242 g/mol. The summed E-state index contributed by atoms with van der Waals surface area (Å²) in [5.74, 6) is -0.816. The van der Waals surface area contributed by atoms with Crippen molar-refractivity contribution in [1.29, 1.82) is 0 Å². The zero-order valence-corrected chi connectivity index (χ0v) is 11.0. The van der Waals surface area contributed by atoms with Crippen LogP contribution in [-0.4, -0.2) is 41.4 Å². The van der Waals surface area contributed by atoms with Gasteiger partial charge in [0.25, 0.3) is 0 Å². The fourth-order valence-electron chi connectivity index (χ4n) is 2.89. The maximum atomic E-state index is 11.2. The zero-order valence-electron chi connectivity index (χ0n) is 11.0. The van der Waals surface area contributed by atoms with E-state index in [2.05, 4.69) is 0 Å². The van der Waals surface area contributed by atoms with Gasteiger partial charge in [0.2, 0.25) is 0 Å². The number of carbonyl (C=O) groups excluding carboxylic acids is 1. The van der Waals surface area contributed by atoms with Crippen LogP contribution in [0.5, 0.6) is 0 Å². The number of nitrogens with zero attached hydrogens (tertiary/aromatic N) is 1. The summed E-state index contributed by atoms with van der Waals surface area (Å²) in [6, 6.07) is 9.37. The Morgan fingerprint density at radius 2 is 2.11 bits per heavy atom. The van der Waals surface area contributed by atoms with Gasteiger partial charge >= 0.3 is 5.97 Å². The smallest absolute Gasteiger partial charge is 0.320 e. The van der Waals surface area contributed by atoms with Gasteiger partial charge in [-0.2, -0.15) is 0 Å². The maximum Gasteiger partial charge on any atom is 0.320 e. The number of hydrogen-bond donors (Lipinski definition) is 1. The molecule has 3 atom stereocenters. The first-order valence-electron chi connectivity index (χ1n) is 6.64. The second kappa shape index (κ2) is 5.97. The molecule has 1 aromatic rings. The van der Waals surface area contributed by atoms with E-state index in [0.717, 1.165) is 11.8 Å². The lowest BCUT2D eigenvalue weighted by Crippen LogP contribution is -2.39. The number of likely N-dealkylation sites (tertiary alicyclic amines) is 1. The normalized spacial score (nSPS) is 25.1. The molecule has 19 heavy (non-hydrogen) atoms. The fourth-order valence-corrected chi connectivity index (χ4v) is 2.89. The van der Waals surface area contributed by atoms with Gasteiger partial charge in [0.15, 0.2) is 0 Å². The van der Waals surface area contributed by atoms with Crippen LogP contribution in [0.1, 0.15) is 24.8 Å². The minimum Gasteiger partial charge on any atom is -0.480 e. The lowest BCUT2D eigenvalue weighted by Gasteiger charge is -2.22. The van der Waals surface area contributed by atoms with Crippen LogP contribution >= 0.6 is 0 Å². The summed E-state index contributed by atoms with van der Waals surface area (Å²) in [7, 11) is 0. The lowest BCUT2D eigenvalue weighted by molar-refractivity contribution is -0.143. The summed E-state index contributed by atoms with van der Waals surface area (Å²) < 4.78 is 0. The van der Waals surface area contributed by atoms with Crippen LogP contribution in [0.2, 0.25) is 0 Å². The number of benzene rings is 1. The van der Waals surface area contributed by atoms with Gasteiger partial charge in [0.1, 0.15) is 12.3 Å². The molecule has 0 amide bonds. The van der Waals surface area contributed by atoms with Gasteiger partial charge in [-0.3, -0.25) is 9.69 Å². The van der Waals surface area contributed by atoms with E-state index >= 15 is 0 Å². The van der Waals surface area contributed by atoms with Gasteiger partial charge in [-0.1, -0.05) is 37.3 Å². The van der Waals surface area contributed by atoms with Gasteiger partial charge in [0.05, 0.1) is 0 Å². The lowest BCUT2D eigenvalue weighted by atomic mass is 9.90. The number of aliphatic carboxylic acids is 1. The number of carboxylic acids is 1. The standard InChI is InChI=1S/C15H19NO3/c1-2-14(15(18)19)16-8-12(10-17)13(9-16)11-6-4-3-5-7-11/h3-7,10,12-14H,2,8-9H2,1H3,(H,18,19). The van der Waals surface area contributed by atoms with Crippen molar-refractivity contribution in [2.45, 2.75) is 25.3 Å². The zero-order chi connectivity index (χ0) is 13.8. The topological polar surface area (TPSA) is 57.6 Å². The number of carboxylic acid groups (broad SMARTS) is 1. The Balaban J connectivity index is 2.18. The molecule has 0 radical (unpaired) electrons. The van der Waals surface area contributed by atoms with E-state index in [4.69, 9.17) is 0 Å². The van der Waals surface area contributed by atoms with Crippen molar-refractivity contribution in [3.05, 3.63) is 35.9 Å². The van der Waals surface area contributed by atoms with Gasteiger partial charge in [-0.15, -0.1) is 0 Å². The first-order valence-corrected chi connectivity index (χ1v) is 6.64. The van der Waals surface area contributed by atoms with Crippen LogP contribution in [0.25, 0.3) is 0 Å². The molecule has 0 aliphatic carbocycles. The molecule has 1 aliphatic rings. The molecule has 102 valence electrons. The Hall–Kier alpha value is -1.68. The molecule has 1 aliphatic heterocycles. The van der Waals surface area contributed by atoms with E-state index in [1.54, 1.807) is 0 Å². The summed E-state index contributed by atoms with van der Waals surface area (Å²) in [5.41, 5.74) is 1.11. The van der Waals surface area contributed by atoms with Crippen molar-refractivity contribution in [3.63, 3.8) is 0 Å². The molecule has 0 bridgehead atoms. The molecule has 1 fully saturated rings. The van der Waals surface area contributed by atoms with E-state index in [1.807, 2.05) is 42.2 Å². The molecule has 4 heteroatoms. The first kappa shape index (κ1) is 13.7. The van der Waals surface area contributed by atoms with E-state index in [9.17, 15) is 14.7 Å². The number of hydrogen-bond acceptors (Lipinski definition) is 3. The molecule has 0 saturated carbocycles. The Kier molecular flexibility index (Phi) is 4.32. The molecule has 2 rings (SSSR count). The van der Waals surface area contributed by atoms with Crippen molar-refractivity contribution in [2.75, 3.05) is 13.1 Å². The SMILES string of the molecule is CCC(C(=O)O)N1CC(C=O)C(c2ccccc2)C1. The maximum absolute atomic E-state index is 11.2. The molecular formula is C15H19NO3. The van der Waals surface area contributed by atoms with E-state index in [1.165, 1.54) is 0 Å². The number of aldehydes is 1. The van der Waals surface area contributed by atoms with Crippen LogP contribution < -0.4 is 0 Å². The van der Waals surface area contributed by atoms with Crippen molar-refractivity contribution < 1.29 is 14.7 Å². The Morgan fingerprint density at radius 3 is 2.63 bits per heavy atom. The number of carbonyl (C=O) groups is 2. The summed E-state index contributed by atoms with van der Waals surface area (Å²) in [6.45, 7) is 3.04. The molecule has 0 aromatic heterocycles. The third kappa shape index (κ3) is 2.84. The molecule has 1 heterocycles. The van der Waals surface area contributed by atoms with Gasteiger partial charge in [0, 0.05) is 24.9 Å². The van der Waals surface area contributed by atoms with Crippen molar-refractivity contribution in [1.82, 2.24) is 4.90 Å². The first-order chi connectivity index (χ1) is 9.17. The Morgan fingerprint density at radius 1 is 1.42 bits per heavy atom. The summed E-state index contributed by atoms with van der Waals surface area (Å²) in [5, 5.41) is 9.22. The highest BCUT2D eigenvalue weighted by atomic mass is 16.4. The predicted molar refractivity (Wildman–Crippen MR) is 72.0 cm³/mol. The summed E-state index contributed by atoms with van der Waals surface area (Å²) in [4.78, 5) is 24.4. The Labute approximate surface area is 113 Å². The molecule has 4 nitrogen and oxygen atoms in total. The quantitative estimate of drug-likeness (QED) is 0.821. The Bertz CT molecular complexity index is 446. The van der Waals surface area contributed by atoms with Crippen molar-refractivity contribution in [2.24, 2.45) is 5.92 Å². The van der Waals surface area contributed by atoms with Crippen molar-refractivity contribution >= 4 is 12.3 Å². The van der Waals surface area contributed by atoms with Gasteiger partial charge in [-0.25, -0.2) is 0 Å². The molecule has 0 spiro atoms. The third-order valence-electron chi connectivity index (χ3n) is 3.91. The van der Waals surface area contributed by atoms with Crippen LogP contribution in [0.15, 0.2) is 30.3 Å². The van der Waals surface area contributed by atoms with E-state index in [-0.39, 0.29) is 11.8 Å². The largest absolute Gasteiger partial charge is 0.480 e. The highest BCUT2D eigenvalue weighted by molar-refractivity contribution is 5.73. The van der Waals surface area contributed by atoms with Crippen LogP contribution in [0.3, 0.4) is 0 Å². The van der Waals surface area contributed by atoms with Crippen LogP contribution in [0.4, 0.5) is 0 Å². The predicted octanol–water partition coefficient (Wildman–Crippen LogP) is 1.76.